The minimum atomic E-state index is -0.972. The number of aliphatic carboxylic acids is 1. The van der Waals surface area contributed by atoms with Gasteiger partial charge in [0.2, 0.25) is 11.8 Å². The highest BCUT2D eigenvalue weighted by Gasteiger charge is 2.34. The molecule has 0 spiro atoms. The summed E-state index contributed by atoms with van der Waals surface area (Å²) < 4.78 is 5.26. The Morgan fingerprint density at radius 2 is 1.82 bits per heavy atom. The highest BCUT2D eigenvalue weighted by atomic mass is 35.5. The largest absolute Gasteiger partial charge is 0.495 e. The lowest BCUT2D eigenvalue weighted by atomic mass is 9.82. The van der Waals surface area contributed by atoms with Crippen LogP contribution in [0.4, 0.5) is 11.4 Å². The number of thioether (sulfide) groups is 1. The van der Waals surface area contributed by atoms with E-state index in [-0.39, 0.29) is 11.8 Å². The maximum absolute atomic E-state index is 12.7. The molecule has 3 atom stereocenters. The Balaban J connectivity index is 1.64. The number of carboxylic acid groups (broad SMARTS) is 1. The summed E-state index contributed by atoms with van der Waals surface area (Å²) in [7, 11) is 1.51. The topological polar surface area (TPSA) is 105 Å². The van der Waals surface area contributed by atoms with E-state index in [1.54, 1.807) is 49.4 Å². The number of amides is 2. The molecule has 2 amide bonds. The number of ether oxygens (including phenoxy) is 1. The van der Waals surface area contributed by atoms with Gasteiger partial charge in [0.25, 0.3) is 0 Å². The number of benzene rings is 2. The van der Waals surface area contributed by atoms with Crippen LogP contribution in [-0.4, -0.2) is 35.2 Å². The first-order valence-corrected chi connectivity index (χ1v) is 11.6. The Labute approximate surface area is 201 Å². The van der Waals surface area contributed by atoms with E-state index in [0.29, 0.717) is 35.0 Å². The highest BCUT2D eigenvalue weighted by Crippen LogP contribution is 2.31. The molecule has 174 valence electrons. The van der Waals surface area contributed by atoms with Crippen LogP contribution in [0.3, 0.4) is 0 Å². The van der Waals surface area contributed by atoms with Gasteiger partial charge in [-0.05, 0) is 56.2 Å². The molecule has 33 heavy (non-hydrogen) atoms. The van der Waals surface area contributed by atoms with Crippen LogP contribution >= 0.6 is 23.4 Å². The summed E-state index contributed by atoms with van der Waals surface area (Å²) in [4.78, 5) is 37.7. The lowest BCUT2D eigenvalue weighted by Crippen LogP contribution is -2.34. The fourth-order valence-corrected chi connectivity index (χ4v) is 4.63. The maximum Gasteiger partial charge on any atom is 0.307 e. The first kappa shape index (κ1) is 24.7. The molecule has 0 saturated carbocycles. The molecule has 1 aliphatic carbocycles. The normalized spacial score (nSPS) is 18.3. The summed E-state index contributed by atoms with van der Waals surface area (Å²) in [5, 5.41) is 15.1. The van der Waals surface area contributed by atoms with Crippen molar-refractivity contribution in [2.75, 3.05) is 17.7 Å². The van der Waals surface area contributed by atoms with Crippen LogP contribution in [0.25, 0.3) is 0 Å². The standard InChI is InChI=1S/C24H25ClN2O5S/c1-14(22(28)27-20-12-15(25)10-11-21(20)32-2)33-17-7-5-6-16(13-17)26-23(29)18-8-3-4-9-19(18)24(30)31/h3-7,10-14,18-19H,8-9H2,1-2H3,(H,26,29)(H,27,28)(H,30,31). The minimum Gasteiger partial charge on any atom is -0.495 e. The molecular weight excluding hydrogens is 464 g/mol. The third kappa shape index (κ3) is 6.52. The van der Waals surface area contributed by atoms with E-state index in [0.717, 1.165) is 4.90 Å². The zero-order valence-corrected chi connectivity index (χ0v) is 19.8. The SMILES string of the molecule is COc1ccc(Cl)cc1NC(=O)C(C)Sc1cccc(NC(=O)C2CC=CCC2C(=O)O)c1. The molecule has 3 unspecified atom stereocenters. The predicted octanol–water partition coefficient (Wildman–Crippen LogP) is 5.07. The van der Waals surface area contributed by atoms with Crippen LogP contribution in [0.5, 0.6) is 5.75 Å². The van der Waals surface area contributed by atoms with Crippen molar-refractivity contribution in [3.05, 3.63) is 59.6 Å². The number of carboxylic acids is 1. The van der Waals surface area contributed by atoms with Crippen molar-refractivity contribution in [1.29, 1.82) is 0 Å². The zero-order valence-electron chi connectivity index (χ0n) is 18.2. The Morgan fingerprint density at radius 1 is 1.09 bits per heavy atom. The molecule has 0 aliphatic heterocycles. The van der Waals surface area contributed by atoms with Gasteiger partial charge in [-0.2, -0.15) is 0 Å². The molecule has 0 aromatic heterocycles. The Hall–Kier alpha value is -2.97. The quantitative estimate of drug-likeness (QED) is 0.354. The van der Waals surface area contributed by atoms with Crippen LogP contribution in [-0.2, 0) is 14.4 Å². The molecule has 0 radical (unpaired) electrons. The van der Waals surface area contributed by atoms with Crippen LogP contribution in [0.15, 0.2) is 59.5 Å². The molecule has 9 heteroatoms. The van der Waals surface area contributed by atoms with Gasteiger partial charge in [0.05, 0.1) is 29.9 Å². The highest BCUT2D eigenvalue weighted by molar-refractivity contribution is 8.00. The smallest absolute Gasteiger partial charge is 0.307 e. The summed E-state index contributed by atoms with van der Waals surface area (Å²) >= 11 is 7.35. The van der Waals surface area contributed by atoms with E-state index in [1.165, 1.54) is 18.9 Å². The average Bonchev–Trinajstić information content (AvgIpc) is 2.79. The number of carbonyl (C=O) groups excluding carboxylic acids is 2. The Kier molecular flexibility index (Phi) is 8.41. The van der Waals surface area contributed by atoms with Gasteiger partial charge in [0, 0.05) is 15.6 Å². The second-order valence-corrected chi connectivity index (χ2v) is 9.46. The number of rotatable bonds is 8. The molecule has 2 aromatic carbocycles. The van der Waals surface area contributed by atoms with Crippen molar-refractivity contribution in [2.24, 2.45) is 11.8 Å². The number of hydrogen-bond acceptors (Lipinski definition) is 5. The lowest BCUT2D eigenvalue weighted by molar-refractivity contribution is -0.146. The zero-order chi connectivity index (χ0) is 24.0. The Morgan fingerprint density at radius 3 is 2.52 bits per heavy atom. The minimum absolute atomic E-state index is 0.228. The van der Waals surface area contributed by atoms with Crippen molar-refractivity contribution in [2.45, 2.75) is 29.9 Å². The predicted molar refractivity (Wildman–Crippen MR) is 130 cm³/mol. The fraction of sp³-hybridized carbons (Fsp3) is 0.292. The van der Waals surface area contributed by atoms with E-state index in [2.05, 4.69) is 10.6 Å². The molecule has 3 N–H and O–H groups in total. The molecule has 7 nitrogen and oxygen atoms in total. The Bertz CT molecular complexity index is 1070. The third-order valence-electron chi connectivity index (χ3n) is 5.29. The van der Waals surface area contributed by atoms with Gasteiger partial charge in [-0.25, -0.2) is 0 Å². The number of halogens is 1. The summed E-state index contributed by atoms with van der Waals surface area (Å²) in [6.07, 6.45) is 4.37. The molecule has 0 saturated heterocycles. The second kappa shape index (κ2) is 11.2. The van der Waals surface area contributed by atoms with E-state index < -0.39 is 23.1 Å². The van der Waals surface area contributed by atoms with Gasteiger partial charge in [0.1, 0.15) is 5.75 Å². The molecule has 0 heterocycles. The molecule has 2 aromatic rings. The van der Waals surface area contributed by atoms with Gasteiger partial charge < -0.3 is 20.5 Å². The second-order valence-electron chi connectivity index (χ2n) is 7.61. The number of allylic oxidation sites excluding steroid dienone is 2. The number of methoxy groups -OCH3 is 1. The van der Waals surface area contributed by atoms with Crippen molar-refractivity contribution >= 4 is 52.5 Å². The number of anilines is 2. The van der Waals surface area contributed by atoms with Crippen LogP contribution in [0.1, 0.15) is 19.8 Å². The van der Waals surface area contributed by atoms with Crippen molar-refractivity contribution in [3.63, 3.8) is 0 Å². The van der Waals surface area contributed by atoms with Gasteiger partial charge in [-0.1, -0.05) is 29.8 Å². The number of carbonyl (C=O) groups is 3. The summed E-state index contributed by atoms with van der Waals surface area (Å²) in [6.45, 7) is 1.77. The number of hydrogen-bond donors (Lipinski definition) is 3. The molecular formula is C24H25ClN2O5S. The third-order valence-corrected chi connectivity index (χ3v) is 6.62. The van der Waals surface area contributed by atoms with Crippen LogP contribution in [0, 0.1) is 11.8 Å². The van der Waals surface area contributed by atoms with E-state index in [9.17, 15) is 19.5 Å². The lowest BCUT2D eigenvalue weighted by Gasteiger charge is -2.24. The summed E-state index contributed by atoms with van der Waals surface area (Å²) in [5.41, 5.74) is 1.03. The van der Waals surface area contributed by atoms with Gasteiger partial charge in [-0.15, -0.1) is 11.8 Å². The first-order valence-electron chi connectivity index (χ1n) is 10.4. The summed E-state index contributed by atoms with van der Waals surface area (Å²) in [5.74, 6) is -2.38. The van der Waals surface area contributed by atoms with Crippen molar-refractivity contribution < 1.29 is 24.2 Å². The first-order chi connectivity index (χ1) is 15.8. The average molecular weight is 489 g/mol. The van der Waals surface area contributed by atoms with Crippen molar-refractivity contribution in [1.82, 2.24) is 0 Å². The fourth-order valence-electron chi connectivity index (χ4n) is 3.53. The van der Waals surface area contributed by atoms with E-state index in [4.69, 9.17) is 16.3 Å². The number of nitrogens with one attached hydrogen (secondary N) is 2. The molecule has 1 aliphatic rings. The van der Waals surface area contributed by atoms with Gasteiger partial charge in [0.15, 0.2) is 0 Å². The van der Waals surface area contributed by atoms with E-state index in [1.807, 2.05) is 12.1 Å². The van der Waals surface area contributed by atoms with Crippen LogP contribution in [0.2, 0.25) is 5.02 Å². The monoisotopic (exact) mass is 488 g/mol. The summed E-state index contributed by atoms with van der Waals surface area (Å²) in [6, 6.07) is 12.1. The maximum atomic E-state index is 12.7. The molecule has 3 rings (SSSR count). The van der Waals surface area contributed by atoms with Gasteiger partial charge >= 0.3 is 5.97 Å². The molecule has 0 fully saturated rings. The molecule has 0 bridgehead atoms. The van der Waals surface area contributed by atoms with Crippen LogP contribution < -0.4 is 15.4 Å². The van der Waals surface area contributed by atoms with Gasteiger partial charge in [-0.3, -0.25) is 14.4 Å². The van der Waals surface area contributed by atoms with Crippen molar-refractivity contribution in [3.8, 4) is 5.75 Å². The van der Waals surface area contributed by atoms with E-state index >= 15 is 0 Å².